The highest BCUT2D eigenvalue weighted by Crippen LogP contribution is 2.23. The Kier molecular flexibility index (Phi) is 10.7. The van der Waals surface area contributed by atoms with Gasteiger partial charge in [0.05, 0.1) is 11.4 Å². The van der Waals surface area contributed by atoms with E-state index in [0.717, 1.165) is 0 Å². The standard InChI is InChI=1S/C18H32N8O4/c19-7-2-14(27)23-12-1-6-18(25-16(29)4-9-21,26-17(30)5-10-22)11-13(12)24-15(28)3-8-20/h1,11H,2-10,19-22H2,(H,23,27)(H,24,28)(H,25,29)(H,26,30). The SMILES string of the molecule is NCCC(=O)NC1=CCC(NC(=O)CCN)(NC(=O)CCN)C=C1NC(=O)CCN. The number of nitrogens with one attached hydrogen (secondary N) is 4. The first-order chi connectivity index (χ1) is 14.3. The molecule has 0 aromatic carbocycles. The zero-order valence-corrected chi connectivity index (χ0v) is 17.0. The van der Waals surface area contributed by atoms with Gasteiger partial charge in [0.1, 0.15) is 5.66 Å². The third-order valence-electron chi connectivity index (χ3n) is 4.07. The summed E-state index contributed by atoms with van der Waals surface area (Å²) in [4.78, 5) is 48.6. The molecule has 0 heterocycles. The van der Waals surface area contributed by atoms with Crippen LogP contribution in [0, 0.1) is 0 Å². The van der Waals surface area contributed by atoms with Crippen molar-refractivity contribution < 1.29 is 19.2 Å². The molecule has 1 aliphatic carbocycles. The molecule has 0 unspecified atom stereocenters. The number of rotatable bonds is 12. The molecule has 12 heteroatoms. The first kappa shape index (κ1) is 25.2. The Bertz CT molecular complexity index is 684. The van der Waals surface area contributed by atoms with Gasteiger partial charge in [-0.1, -0.05) is 6.08 Å². The van der Waals surface area contributed by atoms with Crippen LogP contribution in [-0.2, 0) is 19.2 Å². The summed E-state index contributed by atoms with van der Waals surface area (Å²) in [6.45, 7) is 0.534. The summed E-state index contributed by atoms with van der Waals surface area (Å²) in [6.07, 6.45) is 3.41. The minimum absolute atomic E-state index is 0.0427. The normalized spacial score (nSPS) is 14.8. The van der Waals surface area contributed by atoms with Crippen LogP contribution in [0.4, 0.5) is 0 Å². The Labute approximate surface area is 175 Å². The maximum atomic E-state index is 12.2. The summed E-state index contributed by atoms with van der Waals surface area (Å²) in [6, 6.07) is 0. The molecule has 4 amide bonds. The number of carbonyl (C=O) groups excluding carboxylic acids is 4. The van der Waals surface area contributed by atoms with Crippen molar-refractivity contribution >= 4 is 23.6 Å². The molecule has 0 radical (unpaired) electrons. The lowest BCUT2D eigenvalue weighted by molar-refractivity contribution is -0.126. The minimum atomic E-state index is -1.33. The first-order valence-electron chi connectivity index (χ1n) is 9.74. The highest BCUT2D eigenvalue weighted by molar-refractivity contribution is 5.84. The molecule has 0 aromatic rings. The van der Waals surface area contributed by atoms with Crippen molar-refractivity contribution in [1.82, 2.24) is 21.3 Å². The van der Waals surface area contributed by atoms with Crippen LogP contribution >= 0.6 is 0 Å². The van der Waals surface area contributed by atoms with Crippen LogP contribution < -0.4 is 44.2 Å². The summed E-state index contributed by atoms with van der Waals surface area (Å²) >= 11 is 0. The predicted octanol–water partition coefficient (Wildman–Crippen LogP) is -3.29. The number of carbonyl (C=O) groups is 4. The Morgan fingerprint density at radius 3 is 1.53 bits per heavy atom. The summed E-state index contributed by atoms with van der Waals surface area (Å²) in [7, 11) is 0. The molecule has 0 saturated carbocycles. The Morgan fingerprint density at radius 1 is 0.700 bits per heavy atom. The molecule has 0 aromatic heterocycles. The van der Waals surface area contributed by atoms with Gasteiger partial charge < -0.3 is 44.2 Å². The quantitative estimate of drug-likeness (QED) is 0.148. The monoisotopic (exact) mass is 424 g/mol. The van der Waals surface area contributed by atoms with Crippen LogP contribution in [0.2, 0.25) is 0 Å². The average molecular weight is 425 g/mol. The van der Waals surface area contributed by atoms with Crippen molar-refractivity contribution in [2.75, 3.05) is 26.2 Å². The lowest BCUT2D eigenvalue weighted by Crippen LogP contribution is -2.61. The van der Waals surface area contributed by atoms with E-state index in [1.54, 1.807) is 6.08 Å². The van der Waals surface area contributed by atoms with Crippen molar-refractivity contribution in [3.63, 3.8) is 0 Å². The third kappa shape index (κ3) is 8.29. The molecule has 0 aliphatic heterocycles. The highest BCUT2D eigenvalue weighted by atomic mass is 16.2. The van der Waals surface area contributed by atoms with Gasteiger partial charge in [0.2, 0.25) is 23.6 Å². The van der Waals surface area contributed by atoms with E-state index in [0.29, 0.717) is 5.70 Å². The van der Waals surface area contributed by atoms with Gasteiger partial charge >= 0.3 is 0 Å². The van der Waals surface area contributed by atoms with E-state index in [-0.39, 0.29) is 75.8 Å². The highest BCUT2D eigenvalue weighted by Gasteiger charge is 2.35. The zero-order chi connectivity index (χ0) is 22.6. The fourth-order valence-corrected chi connectivity index (χ4v) is 2.76. The minimum Gasteiger partial charge on any atom is -0.330 e. The zero-order valence-electron chi connectivity index (χ0n) is 17.0. The summed E-state index contributed by atoms with van der Waals surface area (Å²) < 4.78 is 0. The summed E-state index contributed by atoms with van der Waals surface area (Å²) in [5, 5.41) is 10.8. The molecule has 12 nitrogen and oxygen atoms in total. The van der Waals surface area contributed by atoms with Gasteiger partial charge in [0, 0.05) is 58.3 Å². The van der Waals surface area contributed by atoms with Crippen LogP contribution in [0.5, 0.6) is 0 Å². The Morgan fingerprint density at radius 2 is 1.10 bits per heavy atom. The molecule has 0 fully saturated rings. The van der Waals surface area contributed by atoms with Gasteiger partial charge in [-0.3, -0.25) is 19.2 Å². The fraction of sp³-hybridized carbons (Fsp3) is 0.556. The number of amides is 4. The third-order valence-corrected chi connectivity index (χ3v) is 4.07. The number of nitrogens with two attached hydrogens (primary N) is 4. The van der Waals surface area contributed by atoms with E-state index in [1.807, 2.05) is 0 Å². The van der Waals surface area contributed by atoms with Crippen LogP contribution in [-0.4, -0.2) is 55.5 Å². The molecule has 12 N–H and O–H groups in total. The number of hydrogen-bond donors (Lipinski definition) is 8. The molecule has 1 aliphatic rings. The van der Waals surface area contributed by atoms with Gasteiger partial charge in [0.15, 0.2) is 0 Å². The molecular formula is C18H32N8O4. The predicted molar refractivity (Wildman–Crippen MR) is 111 cm³/mol. The van der Waals surface area contributed by atoms with Crippen molar-refractivity contribution in [2.24, 2.45) is 22.9 Å². The van der Waals surface area contributed by atoms with Crippen LogP contribution in [0.3, 0.4) is 0 Å². The smallest absolute Gasteiger partial charge is 0.225 e. The summed E-state index contributed by atoms with van der Waals surface area (Å²) in [5.74, 6) is -1.51. The second kappa shape index (κ2) is 12.7. The second-order valence-electron chi connectivity index (χ2n) is 6.70. The van der Waals surface area contributed by atoms with Crippen molar-refractivity contribution in [1.29, 1.82) is 0 Å². The summed E-state index contributed by atoms with van der Waals surface area (Å²) in [5.41, 5.74) is 20.9. The molecule has 168 valence electrons. The van der Waals surface area contributed by atoms with E-state index >= 15 is 0 Å². The van der Waals surface area contributed by atoms with Crippen molar-refractivity contribution in [3.05, 3.63) is 23.5 Å². The molecular weight excluding hydrogens is 392 g/mol. The van der Waals surface area contributed by atoms with E-state index in [1.165, 1.54) is 6.08 Å². The maximum Gasteiger partial charge on any atom is 0.225 e. The van der Waals surface area contributed by atoms with E-state index in [9.17, 15) is 19.2 Å². The second-order valence-corrected chi connectivity index (χ2v) is 6.70. The lowest BCUT2D eigenvalue weighted by Gasteiger charge is -2.36. The van der Waals surface area contributed by atoms with Crippen molar-refractivity contribution in [3.8, 4) is 0 Å². The van der Waals surface area contributed by atoms with E-state index < -0.39 is 17.5 Å². The average Bonchev–Trinajstić information content (AvgIpc) is 2.64. The lowest BCUT2D eigenvalue weighted by atomic mass is 9.95. The van der Waals surface area contributed by atoms with Crippen LogP contribution in [0.15, 0.2) is 23.5 Å². The van der Waals surface area contributed by atoms with Gasteiger partial charge in [-0.25, -0.2) is 0 Å². The fourth-order valence-electron chi connectivity index (χ4n) is 2.76. The van der Waals surface area contributed by atoms with Gasteiger partial charge in [-0.05, 0) is 6.08 Å². The van der Waals surface area contributed by atoms with Gasteiger partial charge in [0.25, 0.3) is 0 Å². The van der Waals surface area contributed by atoms with E-state index in [2.05, 4.69) is 21.3 Å². The van der Waals surface area contributed by atoms with Gasteiger partial charge in [-0.15, -0.1) is 0 Å². The number of hydrogen-bond acceptors (Lipinski definition) is 8. The molecule has 0 bridgehead atoms. The maximum absolute atomic E-state index is 12.2. The molecule has 30 heavy (non-hydrogen) atoms. The topological polar surface area (TPSA) is 220 Å². The molecule has 0 spiro atoms. The Hall–Kier alpha value is -2.80. The van der Waals surface area contributed by atoms with Crippen molar-refractivity contribution in [2.45, 2.75) is 37.8 Å². The van der Waals surface area contributed by atoms with E-state index in [4.69, 9.17) is 22.9 Å². The molecule has 0 atom stereocenters. The van der Waals surface area contributed by atoms with Crippen LogP contribution in [0.1, 0.15) is 32.1 Å². The van der Waals surface area contributed by atoms with Crippen LogP contribution in [0.25, 0.3) is 0 Å². The molecule has 1 rings (SSSR count). The first-order valence-corrected chi connectivity index (χ1v) is 9.74. The largest absolute Gasteiger partial charge is 0.330 e. The molecule has 0 saturated heterocycles. The Balaban J connectivity index is 3.25. The van der Waals surface area contributed by atoms with Gasteiger partial charge in [-0.2, -0.15) is 0 Å².